The van der Waals surface area contributed by atoms with Crippen molar-refractivity contribution in [2.75, 3.05) is 31.6 Å². The summed E-state index contributed by atoms with van der Waals surface area (Å²) in [5.41, 5.74) is 1.09. The number of esters is 1. The van der Waals surface area contributed by atoms with Crippen LogP contribution in [0.3, 0.4) is 0 Å². The number of para-hydroxylation sites is 1. The molecule has 2 fully saturated rings. The lowest BCUT2D eigenvalue weighted by Crippen LogP contribution is -2.57. The molecule has 2 aliphatic rings. The zero-order valence-electron chi connectivity index (χ0n) is 20.0. The van der Waals surface area contributed by atoms with Crippen LogP contribution in [0.15, 0.2) is 48.5 Å². The van der Waals surface area contributed by atoms with Crippen molar-refractivity contribution in [2.45, 2.75) is 44.1 Å². The number of methoxy groups -OCH3 is 1. The highest BCUT2D eigenvalue weighted by Crippen LogP contribution is 2.31. The predicted molar refractivity (Wildman–Crippen MR) is 136 cm³/mol. The van der Waals surface area contributed by atoms with Crippen LogP contribution >= 0.6 is 11.6 Å². The van der Waals surface area contributed by atoms with E-state index < -0.39 is 5.54 Å². The van der Waals surface area contributed by atoms with E-state index >= 15 is 0 Å². The van der Waals surface area contributed by atoms with Crippen LogP contribution in [0.4, 0.5) is 5.69 Å². The first kappa shape index (κ1) is 25.0. The highest BCUT2D eigenvalue weighted by Gasteiger charge is 2.42. The smallest absolute Gasteiger partial charge is 0.339 e. The van der Waals surface area contributed by atoms with Gasteiger partial charge in [0.25, 0.3) is 5.91 Å². The second-order valence-corrected chi connectivity index (χ2v) is 9.84. The fraction of sp³-hybridized carbons (Fsp3) is 0.444. The van der Waals surface area contributed by atoms with E-state index in [1.807, 2.05) is 18.2 Å². The Labute approximate surface area is 211 Å². The molecule has 7 nitrogen and oxygen atoms in total. The number of piperidine rings is 1. The minimum Gasteiger partial charge on any atom is -0.465 e. The van der Waals surface area contributed by atoms with Crippen LogP contribution in [0.2, 0.25) is 5.02 Å². The molecular weight excluding hydrogens is 466 g/mol. The summed E-state index contributed by atoms with van der Waals surface area (Å²) < 4.78 is 4.92. The number of carbonyl (C=O) groups excluding carboxylic acids is 3. The van der Waals surface area contributed by atoms with Crippen molar-refractivity contribution in [3.63, 3.8) is 0 Å². The topological polar surface area (TPSA) is 87.7 Å². The van der Waals surface area contributed by atoms with E-state index in [-0.39, 0.29) is 17.8 Å². The van der Waals surface area contributed by atoms with Crippen molar-refractivity contribution in [3.05, 3.63) is 64.7 Å². The van der Waals surface area contributed by atoms with Gasteiger partial charge in [0, 0.05) is 30.2 Å². The van der Waals surface area contributed by atoms with Crippen molar-refractivity contribution >= 4 is 35.1 Å². The number of hydrogen-bond acceptors (Lipinski definition) is 5. The molecule has 0 unspecified atom stereocenters. The Kier molecular flexibility index (Phi) is 7.96. The average Bonchev–Trinajstić information content (AvgIpc) is 3.37. The number of amides is 2. The SMILES string of the molecule is COC(=O)c1ccccc1N1CCC(CNC(=O)C2(NC(=O)c3ccc(Cl)cc3)CCCC2)CC1. The standard InChI is InChI=1S/C27H32ClN3O4/c1-35-25(33)22-6-2-3-7-23(22)31-16-12-19(13-17-31)18-29-26(34)27(14-4-5-15-27)30-24(32)20-8-10-21(28)11-9-20/h2-3,6-11,19H,4-5,12-18H2,1H3,(H,29,34)(H,30,32). The fourth-order valence-electron chi connectivity index (χ4n) is 5.09. The molecule has 1 saturated carbocycles. The van der Waals surface area contributed by atoms with Crippen LogP contribution in [0, 0.1) is 5.92 Å². The second-order valence-electron chi connectivity index (χ2n) is 9.40. The highest BCUT2D eigenvalue weighted by atomic mass is 35.5. The summed E-state index contributed by atoms with van der Waals surface area (Å²) in [6, 6.07) is 14.2. The molecule has 0 spiro atoms. The molecule has 4 rings (SSSR count). The third-order valence-corrected chi connectivity index (χ3v) is 7.42. The third-order valence-electron chi connectivity index (χ3n) is 7.17. The minimum absolute atomic E-state index is 0.101. The zero-order chi connectivity index (χ0) is 24.8. The van der Waals surface area contributed by atoms with Gasteiger partial charge in [-0.25, -0.2) is 4.79 Å². The van der Waals surface area contributed by atoms with Crippen LogP contribution in [-0.4, -0.2) is 50.1 Å². The molecule has 2 aromatic rings. The van der Waals surface area contributed by atoms with Gasteiger partial charge in [-0.2, -0.15) is 0 Å². The Balaban J connectivity index is 1.32. The van der Waals surface area contributed by atoms with Crippen LogP contribution in [0.1, 0.15) is 59.2 Å². The zero-order valence-corrected chi connectivity index (χ0v) is 20.8. The van der Waals surface area contributed by atoms with Crippen molar-refractivity contribution in [2.24, 2.45) is 5.92 Å². The van der Waals surface area contributed by atoms with E-state index in [9.17, 15) is 14.4 Å². The lowest BCUT2D eigenvalue weighted by molar-refractivity contribution is -0.127. The van der Waals surface area contributed by atoms with Gasteiger partial charge in [0.2, 0.25) is 5.91 Å². The van der Waals surface area contributed by atoms with Gasteiger partial charge in [-0.1, -0.05) is 36.6 Å². The van der Waals surface area contributed by atoms with Gasteiger partial charge in [0.1, 0.15) is 5.54 Å². The maximum atomic E-state index is 13.3. The monoisotopic (exact) mass is 497 g/mol. The Bertz CT molecular complexity index is 1060. The number of nitrogens with zero attached hydrogens (tertiary/aromatic N) is 1. The van der Waals surface area contributed by atoms with Crippen LogP contribution < -0.4 is 15.5 Å². The summed E-state index contributed by atoms with van der Waals surface area (Å²) in [7, 11) is 1.39. The highest BCUT2D eigenvalue weighted by molar-refractivity contribution is 6.30. The molecule has 186 valence electrons. The van der Waals surface area contributed by atoms with Crippen LogP contribution in [0.5, 0.6) is 0 Å². The summed E-state index contributed by atoms with van der Waals surface area (Å²) in [4.78, 5) is 40.4. The number of carbonyl (C=O) groups is 3. The van der Waals surface area contributed by atoms with Gasteiger partial charge < -0.3 is 20.3 Å². The van der Waals surface area contributed by atoms with Gasteiger partial charge in [-0.15, -0.1) is 0 Å². The van der Waals surface area contributed by atoms with E-state index in [0.29, 0.717) is 41.5 Å². The summed E-state index contributed by atoms with van der Waals surface area (Å²) in [5, 5.41) is 6.71. The first-order chi connectivity index (χ1) is 16.9. The second kappa shape index (κ2) is 11.1. The number of hydrogen-bond donors (Lipinski definition) is 2. The fourth-order valence-corrected chi connectivity index (χ4v) is 5.22. The van der Waals surface area contributed by atoms with E-state index in [1.165, 1.54) is 7.11 Å². The number of nitrogens with one attached hydrogen (secondary N) is 2. The number of ether oxygens (including phenoxy) is 1. The van der Waals surface area contributed by atoms with Gasteiger partial charge in [-0.3, -0.25) is 9.59 Å². The summed E-state index contributed by atoms with van der Waals surface area (Å²) in [6.07, 6.45) is 4.90. The lowest BCUT2D eigenvalue weighted by Gasteiger charge is -2.35. The molecule has 2 amide bonds. The maximum Gasteiger partial charge on any atom is 0.339 e. The largest absolute Gasteiger partial charge is 0.465 e. The normalized spacial score (nSPS) is 17.6. The van der Waals surface area contributed by atoms with Gasteiger partial charge >= 0.3 is 5.97 Å². The first-order valence-corrected chi connectivity index (χ1v) is 12.6. The molecule has 1 saturated heterocycles. The predicted octanol–water partition coefficient (Wildman–Crippen LogP) is 4.20. The molecule has 0 aromatic heterocycles. The Morgan fingerprint density at radius 3 is 2.34 bits per heavy atom. The molecule has 2 N–H and O–H groups in total. The molecule has 1 heterocycles. The Morgan fingerprint density at radius 1 is 1.03 bits per heavy atom. The average molecular weight is 498 g/mol. The van der Waals surface area contributed by atoms with Crippen LogP contribution in [0.25, 0.3) is 0 Å². The van der Waals surface area contributed by atoms with Crippen molar-refractivity contribution in [1.82, 2.24) is 10.6 Å². The van der Waals surface area contributed by atoms with E-state index in [4.69, 9.17) is 16.3 Å². The van der Waals surface area contributed by atoms with Crippen molar-refractivity contribution in [1.29, 1.82) is 0 Å². The summed E-state index contributed by atoms with van der Waals surface area (Å²) in [6.45, 7) is 2.17. The van der Waals surface area contributed by atoms with Crippen molar-refractivity contribution in [3.8, 4) is 0 Å². The van der Waals surface area contributed by atoms with Gasteiger partial charge in [0.05, 0.1) is 18.4 Å². The minimum atomic E-state index is -0.864. The molecule has 35 heavy (non-hydrogen) atoms. The number of halogens is 1. The molecule has 0 bridgehead atoms. The quantitative estimate of drug-likeness (QED) is 0.560. The number of benzene rings is 2. The van der Waals surface area contributed by atoms with E-state index in [1.54, 1.807) is 30.3 Å². The summed E-state index contributed by atoms with van der Waals surface area (Å²) in [5.74, 6) is -0.351. The molecule has 1 aliphatic carbocycles. The molecule has 0 radical (unpaired) electrons. The molecular formula is C27H32ClN3O4. The van der Waals surface area contributed by atoms with Gasteiger partial charge in [0.15, 0.2) is 0 Å². The van der Waals surface area contributed by atoms with Crippen LogP contribution in [-0.2, 0) is 9.53 Å². The third kappa shape index (κ3) is 5.78. The molecule has 1 aliphatic heterocycles. The Morgan fingerprint density at radius 2 is 1.69 bits per heavy atom. The number of anilines is 1. The molecule has 0 atom stereocenters. The number of rotatable bonds is 7. The van der Waals surface area contributed by atoms with Crippen molar-refractivity contribution < 1.29 is 19.1 Å². The van der Waals surface area contributed by atoms with E-state index in [0.717, 1.165) is 44.5 Å². The lowest BCUT2D eigenvalue weighted by atomic mass is 9.93. The van der Waals surface area contributed by atoms with Gasteiger partial charge in [-0.05, 0) is 68.0 Å². The molecule has 2 aromatic carbocycles. The van der Waals surface area contributed by atoms with E-state index in [2.05, 4.69) is 15.5 Å². The maximum absolute atomic E-state index is 13.3. The molecule has 8 heteroatoms. The first-order valence-electron chi connectivity index (χ1n) is 12.2. The Hall–Kier alpha value is -3.06. The summed E-state index contributed by atoms with van der Waals surface area (Å²) >= 11 is 5.93.